The fourth-order valence-electron chi connectivity index (χ4n) is 1.29. The third kappa shape index (κ3) is 1.60. The zero-order valence-electron chi connectivity index (χ0n) is 6.79. The first-order chi connectivity index (χ1) is 5.57. The molecule has 0 radical (unpaired) electrons. The van der Waals surface area contributed by atoms with Crippen LogP contribution in [0.2, 0.25) is 0 Å². The highest BCUT2D eigenvalue weighted by Gasteiger charge is 2.41. The van der Waals surface area contributed by atoms with Crippen LogP contribution >= 0.6 is 0 Å². The molecule has 0 aromatic carbocycles. The van der Waals surface area contributed by atoms with E-state index in [1.807, 2.05) is 0 Å². The van der Waals surface area contributed by atoms with Crippen molar-refractivity contribution < 1.29 is 25.2 Å². The Morgan fingerprint density at radius 3 is 2.17 bits per heavy atom. The second-order valence-electron chi connectivity index (χ2n) is 3.03. The smallest absolute Gasteiger partial charge is 0.111 e. The van der Waals surface area contributed by atoms with Crippen LogP contribution in [0.1, 0.15) is 6.92 Å². The largest absolute Gasteiger partial charge is 0.394 e. The summed E-state index contributed by atoms with van der Waals surface area (Å²) in [5.74, 6) is 0. The molecule has 1 fully saturated rings. The van der Waals surface area contributed by atoms with Crippen LogP contribution in [-0.4, -0.2) is 57.6 Å². The van der Waals surface area contributed by atoms with Gasteiger partial charge in [0, 0.05) is 0 Å². The van der Waals surface area contributed by atoms with Gasteiger partial charge >= 0.3 is 0 Å². The number of aliphatic hydroxyl groups excluding tert-OH is 4. The number of rotatable bonds is 1. The molecule has 0 bridgehead atoms. The first kappa shape index (κ1) is 9.88. The summed E-state index contributed by atoms with van der Waals surface area (Å²) in [5, 5.41) is 36.4. The summed E-state index contributed by atoms with van der Waals surface area (Å²) in [5.41, 5.74) is 0. The first-order valence-corrected chi connectivity index (χ1v) is 3.88. The monoisotopic (exact) mass is 178 g/mol. The molecule has 0 aromatic rings. The molecule has 0 saturated carbocycles. The van der Waals surface area contributed by atoms with Gasteiger partial charge in [0.1, 0.15) is 24.4 Å². The minimum Gasteiger partial charge on any atom is -0.394 e. The molecule has 72 valence electrons. The molecule has 5 atom stereocenters. The highest BCUT2D eigenvalue weighted by molar-refractivity contribution is 4.89. The Balaban J connectivity index is 2.63. The van der Waals surface area contributed by atoms with Crippen LogP contribution in [-0.2, 0) is 4.74 Å². The van der Waals surface area contributed by atoms with Gasteiger partial charge in [0.05, 0.1) is 12.7 Å². The Morgan fingerprint density at radius 2 is 1.67 bits per heavy atom. The van der Waals surface area contributed by atoms with Gasteiger partial charge in [-0.1, -0.05) is 0 Å². The molecule has 12 heavy (non-hydrogen) atoms. The Bertz CT molecular complexity index is 146. The summed E-state index contributed by atoms with van der Waals surface area (Å²) in [6.07, 6.45) is -4.94. The SMILES string of the molecule is CC1O[C@H](CO)C(O)[C@@H](O)[C@@H]1O. The van der Waals surface area contributed by atoms with Crippen molar-refractivity contribution in [3.8, 4) is 0 Å². The van der Waals surface area contributed by atoms with Crippen molar-refractivity contribution in [2.75, 3.05) is 6.61 Å². The van der Waals surface area contributed by atoms with Crippen molar-refractivity contribution >= 4 is 0 Å². The second kappa shape index (κ2) is 3.68. The standard InChI is InChI=1S/C7H14O5/c1-3-5(9)7(11)6(10)4(2-8)12-3/h3-11H,2H2,1H3/t3?,4-,5-,6?,7+/m1/s1. The third-order valence-electron chi connectivity index (χ3n) is 2.13. The van der Waals surface area contributed by atoms with E-state index in [9.17, 15) is 15.3 Å². The minimum atomic E-state index is -1.24. The topological polar surface area (TPSA) is 90.2 Å². The summed E-state index contributed by atoms with van der Waals surface area (Å²) in [6, 6.07) is 0. The van der Waals surface area contributed by atoms with Crippen LogP contribution < -0.4 is 0 Å². The fourth-order valence-corrected chi connectivity index (χ4v) is 1.29. The maximum Gasteiger partial charge on any atom is 0.111 e. The molecule has 2 unspecified atom stereocenters. The van der Waals surface area contributed by atoms with Crippen LogP contribution in [0, 0.1) is 0 Å². The van der Waals surface area contributed by atoms with Gasteiger partial charge in [-0.3, -0.25) is 0 Å². The van der Waals surface area contributed by atoms with E-state index in [0.29, 0.717) is 0 Å². The third-order valence-corrected chi connectivity index (χ3v) is 2.13. The van der Waals surface area contributed by atoms with Crippen molar-refractivity contribution in [3.63, 3.8) is 0 Å². The van der Waals surface area contributed by atoms with Gasteiger partial charge in [-0.25, -0.2) is 0 Å². The molecule has 5 nitrogen and oxygen atoms in total. The summed E-state index contributed by atoms with van der Waals surface area (Å²) in [4.78, 5) is 0. The van der Waals surface area contributed by atoms with Gasteiger partial charge in [0.15, 0.2) is 0 Å². The predicted octanol–water partition coefficient (Wildman–Crippen LogP) is -2.15. The Morgan fingerprint density at radius 1 is 1.08 bits per heavy atom. The van der Waals surface area contributed by atoms with Gasteiger partial charge in [0.25, 0.3) is 0 Å². The Labute approximate surface area is 70.2 Å². The molecule has 5 heteroatoms. The molecule has 0 spiro atoms. The molecule has 0 amide bonds. The maximum absolute atomic E-state index is 9.23. The van der Waals surface area contributed by atoms with Crippen molar-refractivity contribution in [2.45, 2.75) is 37.4 Å². The van der Waals surface area contributed by atoms with E-state index in [0.717, 1.165) is 0 Å². The summed E-state index contributed by atoms with van der Waals surface area (Å²) >= 11 is 0. The zero-order valence-corrected chi connectivity index (χ0v) is 6.79. The first-order valence-electron chi connectivity index (χ1n) is 3.88. The lowest BCUT2D eigenvalue weighted by Crippen LogP contribution is -2.57. The van der Waals surface area contributed by atoms with Gasteiger partial charge in [0.2, 0.25) is 0 Å². The molecule has 1 saturated heterocycles. The van der Waals surface area contributed by atoms with E-state index in [-0.39, 0.29) is 6.61 Å². The van der Waals surface area contributed by atoms with Crippen LogP contribution in [0.15, 0.2) is 0 Å². The van der Waals surface area contributed by atoms with Crippen LogP contribution in [0.5, 0.6) is 0 Å². The lowest BCUT2D eigenvalue weighted by molar-refractivity contribution is -0.224. The fraction of sp³-hybridized carbons (Fsp3) is 1.00. The Hall–Kier alpha value is -0.200. The van der Waals surface area contributed by atoms with Crippen LogP contribution in [0.25, 0.3) is 0 Å². The summed E-state index contributed by atoms with van der Waals surface area (Å²) < 4.78 is 5.02. The number of aliphatic hydroxyl groups is 4. The molecule has 0 aliphatic carbocycles. The average molecular weight is 178 g/mol. The van der Waals surface area contributed by atoms with E-state index in [2.05, 4.69) is 0 Å². The summed E-state index contributed by atoms with van der Waals surface area (Å²) in [6.45, 7) is 1.21. The van der Waals surface area contributed by atoms with Crippen LogP contribution in [0.4, 0.5) is 0 Å². The number of ether oxygens (including phenoxy) is 1. The van der Waals surface area contributed by atoms with Gasteiger partial charge in [-0.15, -0.1) is 0 Å². The molecule has 1 aliphatic heterocycles. The van der Waals surface area contributed by atoms with E-state index >= 15 is 0 Å². The predicted molar refractivity (Wildman–Crippen MR) is 39.4 cm³/mol. The molecule has 1 rings (SSSR count). The van der Waals surface area contributed by atoms with E-state index < -0.39 is 30.5 Å². The molecular formula is C7H14O5. The lowest BCUT2D eigenvalue weighted by atomic mass is 9.96. The van der Waals surface area contributed by atoms with Crippen molar-refractivity contribution in [1.82, 2.24) is 0 Å². The molecule has 0 aromatic heterocycles. The molecule has 1 aliphatic rings. The molecule has 1 heterocycles. The summed E-state index contributed by atoms with van der Waals surface area (Å²) in [7, 11) is 0. The Kier molecular flexibility index (Phi) is 3.03. The quantitative estimate of drug-likeness (QED) is 0.367. The van der Waals surface area contributed by atoms with E-state index in [1.54, 1.807) is 6.92 Å². The van der Waals surface area contributed by atoms with E-state index in [1.165, 1.54) is 0 Å². The zero-order chi connectivity index (χ0) is 9.30. The highest BCUT2D eigenvalue weighted by Crippen LogP contribution is 2.20. The number of hydrogen-bond donors (Lipinski definition) is 4. The number of hydrogen-bond acceptors (Lipinski definition) is 5. The van der Waals surface area contributed by atoms with E-state index in [4.69, 9.17) is 9.84 Å². The second-order valence-corrected chi connectivity index (χ2v) is 3.03. The van der Waals surface area contributed by atoms with Crippen molar-refractivity contribution in [3.05, 3.63) is 0 Å². The van der Waals surface area contributed by atoms with Crippen molar-refractivity contribution in [1.29, 1.82) is 0 Å². The minimum absolute atomic E-state index is 0.366. The van der Waals surface area contributed by atoms with Gasteiger partial charge in [-0.2, -0.15) is 0 Å². The van der Waals surface area contributed by atoms with Gasteiger partial charge < -0.3 is 25.2 Å². The average Bonchev–Trinajstić information content (AvgIpc) is 2.08. The van der Waals surface area contributed by atoms with Crippen molar-refractivity contribution in [2.24, 2.45) is 0 Å². The van der Waals surface area contributed by atoms with Gasteiger partial charge in [-0.05, 0) is 6.92 Å². The normalized spacial score (nSPS) is 49.2. The lowest BCUT2D eigenvalue weighted by Gasteiger charge is -2.38. The maximum atomic E-state index is 9.23. The molecular weight excluding hydrogens is 164 g/mol. The molecule has 4 N–H and O–H groups in total. The highest BCUT2D eigenvalue weighted by atomic mass is 16.5. The van der Waals surface area contributed by atoms with Crippen LogP contribution in [0.3, 0.4) is 0 Å².